The summed E-state index contributed by atoms with van der Waals surface area (Å²) in [6.07, 6.45) is 3.79. The molecule has 3 nitrogen and oxygen atoms in total. The third-order valence-corrected chi connectivity index (χ3v) is 2.34. The van der Waals surface area contributed by atoms with E-state index in [1.807, 2.05) is 11.7 Å². The maximum Gasteiger partial charge on any atom is 0.0817 e. The average Bonchev–Trinajstić information content (AvgIpc) is 2.42. The van der Waals surface area contributed by atoms with Crippen molar-refractivity contribution in [2.45, 2.75) is 19.8 Å². The van der Waals surface area contributed by atoms with E-state index in [0.29, 0.717) is 0 Å². The van der Waals surface area contributed by atoms with Gasteiger partial charge < -0.3 is 5.32 Å². The molecule has 0 aliphatic carbocycles. The number of rotatable bonds is 5. The highest BCUT2D eigenvalue weighted by Crippen LogP contribution is 2.15. The summed E-state index contributed by atoms with van der Waals surface area (Å²) in [6, 6.07) is 0. The Hall–Kier alpha value is -0.540. The summed E-state index contributed by atoms with van der Waals surface area (Å²) in [4.78, 5) is 0. The zero-order valence-corrected chi connectivity index (χ0v) is 8.93. The monoisotopic (exact) mass is 201 g/mol. The molecule has 1 heterocycles. The molecule has 0 unspecified atom stereocenters. The normalized spacial score (nSPS) is 10.7. The largest absolute Gasteiger partial charge is 0.317 e. The Morgan fingerprint density at radius 2 is 2.38 bits per heavy atom. The van der Waals surface area contributed by atoms with Gasteiger partial charge in [-0.2, -0.15) is 5.10 Å². The van der Waals surface area contributed by atoms with Crippen molar-refractivity contribution in [3.8, 4) is 0 Å². The van der Waals surface area contributed by atoms with Crippen molar-refractivity contribution < 1.29 is 0 Å². The molecule has 0 fully saturated rings. The molecule has 13 heavy (non-hydrogen) atoms. The van der Waals surface area contributed by atoms with Gasteiger partial charge in [0, 0.05) is 7.05 Å². The van der Waals surface area contributed by atoms with E-state index in [9.17, 15) is 0 Å². The van der Waals surface area contributed by atoms with E-state index in [1.54, 1.807) is 6.20 Å². The van der Waals surface area contributed by atoms with Crippen LogP contribution in [0.5, 0.6) is 0 Å². The Bertz CT molecular complexity index is 238. The topological polar surface area (TPSA) is 29.9 Å². The third-order valence-electron chi connectivity index (χ3n) is 2.03. The quantitative estimate of drug-likeness (QED) is 0.734. The highest BCUT2D eigenvalue weighted by atomic mass is 35.5. The summed E-state index contributed by atoms with van der Waals surface area (Å²) in [5.41, 5.74) is 1.12. The van der Waals surface area contributed by atoms with Gasteiger partial charge in [0.1, 0.15) is 0 Å². The minimum atomic E-state index is 0.777. The number of aromatic nitrogens is 2. The van der Waals surface area contributed by atoms with Crippen LogP contribution < -0.4 is 5.32 Å². The van der Waals surface area contributed by atoms with E-state index in [4.69, 9.17) is 11.6 Å². The van der Waals surface area contributed by atoms with Gasteiger partial charge in [-0.1, -0.05) is 18.5 Å². The van der Waals surface area contributed by atoms with E-state index in [2.05, 4.69) is 17.3 Å². The lowest BCUT2D eigenvalue weighted by Gasteiger charge is -2.03. The predicted octanol–water partition coefficient (Wildman–Crippen LogP) is 1.62. The fourth-order valence-corrected chi connectivity index (χ4v) is 1.54. The maximum absolute atomic E-state index is 5.95. The summed E-state index contributed by atoms with van der Waals surface area (Å²) in [6.45, 7) is 4.17. The zero-order chi connectivity index (χ0) is 9.68. The first-order chi connectivity index (χ1) is 6.25. The molecule has 4 heteroatoms. The lowest BCUT2D eigenvalue weighted by atomic mass is 10.2. The standard InChI is InChI=1S/C9H16ClN3/c1-3-11-6-4-5-9-8(10)7-12-13(9)2/h7,11H,3-6H2,1-2H3. The van der Waals surface area contributed by atoms with E-state index in [0.717, 1.165) is 36.6 Å². The second-order valence-corrected chi connectivity index (χ2v) is 3.43. The molecule has 0 aliphatic heterocycles. The molecule has 74 valence electrons. The summed E-state index contributed by atoms with van der Waals surface area (Å²) < 4.78 is 1.84. The second kappa shape index (κ2) is 5.25. The van der Waals surface area contributed by atoms with Gasteiger partial charge in [0.05, 0.1) is 16.9 Å². The molecule has 0 radical (unpaired) electrons. The SMILES string of the molecule is CCNCCCc1c(Cl)cnn1C. The highest BCUT2D eigenvalue weighted by Gasteiger charge is 2.04. The number of halogens is 1. The lowest BCUT2D eigenvalue weighted by molar-refractivity contribution is 0.637. The first kappa shape index (κ1) is 10.5. The van der Waals surface area contributed by atoms with Crippen LogP contribution in [-0.2, 0) is 13.5 Å². The molecular weight excluding hydrogens is 186 g/mol. The van der Waals surface area contributed by atoms with Crippen molar-refractivity contribution >= 4 is 11.6 Å². The number of hydrogen-bond acceptors (Lipinski definition) is 2. The molecule has 0 aliphatic rings. The molecule has 1 rings (SSSR count). The summed E-state index contributed by atoms with van der Waals surface area (Å²) in [5, 5.41) is 8.13. The average molecular weight is 202 g/mol. The molecule has 0 saturated heterocycles. The molecule has 0 amide bonds. The first-order valence-electron chi connectivity index (χ1n) is 4.62. The predicted molar refractivity (Wildman–Crippen MR) is 55.1 cm³/mol. The Labute approximate surface area is 84.1 Å². The molecule has 0 bridgehead atoms. The van der Waals surface area contributed by atoms with Crippen LogP contribution in [0.3, 0.4) is 0 Å². The van der Waals surface area contributed by atoms with Crippen molar-refractivity contribution in [3.05, 3.63) is 16.9 Å². The summed E-state index contributed by atoms with van der Waals surface area (Å²) >= 11 is 5.95. The fraction of sp³-hybridized carbons (Fsp3) is 0.667. The smallest absolute Gasteiger partial charge is 0.0817 e. The van der Waals surface area contributed by atoms with Gasteiger partial charge in [-0.15, -0.1) is 0 Å². The van der Waals surface area contributed by atoms with Crippen LogP contribution in [-0.4, -0.2) is 22.9 Å². The summed E-state index contributed by atoms with van der Waals surface area (Å²) in [7, 11) is 1.93. The van der Waals surface area contributed by atoms with Gasteiger partial charge >= 0.3 is 0 Å². The van der Waals surface area contributed by atoms with Gasteiger partial charge in [-0.3, -0.25) is 4.68 Å². The third kappa shape index (κ3) is 3.01. The van der Waals surface area contributed by atoms with Crippen LogP contribution in [0.2, 0.25) is 5.02 Å². The van der Waals surface area contributed by atoms with Gasteiger partial charge in [0.15, 0.2) is 0 Å². The second-order valence-electron chi connectivity index (χ2n) is 3.02. The Morgan fingerprint density at radius 1 is 1.62 bits per heavy atom. The van der Waals surface area contributed by atoms with Crippen molar-refractivity contribution in [3.63, 3.8) is 0 Å². The van der Waals surface area contributed by atoms with Crippen molar-refractivity contribution in [1.29, 1.82) is 0 Å². The number of aryl methyl sites for hydroxylation is 1. The van der Waals surface area contributed by atoms with Crippen LogP contribution >= 0.6 is 11.6 Å². The van der Waals surface area contributed by atoms with Crippen molar-refractivity contribution in [2.75, 3.05) is 13.1 Å². The summed E-state index contributed by atoms with van der Waals surface area (Å²) in [5.74, 6) is 0. The molecule has 0 saturated carbocycles. The lowest BCUT2D eigenvalue weighted by Crippen LogP contribution is -2.15. The van der Waals surface area contributed by atoms with Gasteiger partial charge in [-0.05, 0) is 25.9 Å². The van der Waals surface area contributed by atoms with E-state index < -0.39 is 0 Å². The van der Waals surface area contributed by atoms with E-state index >= 15 is 0 Å². The molecule has 1 N–H and O–H groups in total. The van der Waals surface area contributed by atoms with E-state index in [1.165, 1.54) is 0 Å². The van der Waals surface area contributed by atoms with Gasteiger partial charge in [0.25, 0.3) is 0 Å². The maximum atomic E-state index is 5.95. The van der Waals surface area contributed by atoms with Gasteiger partial charge in [-0.25, -0.2) is 0 Å². The van der Waals surface area contributed by atoms with Gasteiger partial charge in [0.2, 0.25) is 0 Å². The van der Waals surface area contributed by atoms with Crippen LogP contribution in [0.25, 0.3) is 0 Å². The highest BCUT2D eigenvalue weighted by molar-refractivity contribution is 6.31. The van der Waals surface area contributed by atoms with Crippen molar-refractivity contribution in [1.82, 2.24) is 15.1 Å². The molecule has 0 aromatic carbocycles. The first-order valence-corrected chi connectivity index (χ1v) is 5.00. The molecule has 1 aromatic heterocycles. The van der Waals surface area contributed by atoms with Crippen LogP contribution in [0, 0.1) is 0 Å². The molecular formula is C9H16ClN3. The molecule has 0 spiro atoms. The fourth-order valence-electron chi connectivity index (χ4n) is 1.27. The molecule has 1 aromatic rings. The van der Waals surface area contributed by atoms with Crippen molar-refractivity contribution in [2.24, 2.45) is 7.05 Å². The number of hydrogen-bond donors (Lipinski definition) is 1. The molecule has 0 atom stereocenters. The minimum absolute atomic E-state index is 0.777. The van der Waals surface area contributed by atoms with Crippen LogP contribution in [0.4, 0.5) is 0 Å². The minimum Gasteiger partial charge on any atom is -0.317 e. The van der Waals surface area contributed by atoms with Crippen LogP contribution in [0.1, 0.15) is 19.0 Å². The number of nitrogens with one attached hydrogen (secondary N) is 1. The Balaban J connectivity index is 2.36. The van der Waals surface area contributed by atoms with Crippen LogP contribution in [0.15, 0.2) is 6.20 Å². The van der Waals surface area contributed by atoms with E-state index in [-0.39, 0.29) is 0 Å². The number of nitrogens with zero attached hydrogens (tertiary/aromatic N) is 2. The zero-order valence-electron chi connectivity index (χ0n) is 8.18. The Kier molecular flexibility index (Phi) is 4.25. The Morgan fingerprint density at radius 3 is 2.92 bits per heavy atom.